The van der Waals surface area contributed by atoms with Crippen molar-refractivity contribution >= 4 is 21.9 Å². The van der Waals surface area contributed by atoms with Gasteiger partial charge in [-0.1, -0.05) is 44.2 Å². The molecule has 0 saturated carbocycles. The molecule has 2 aromatic heterocycles. The van der Waals surface area contributed by atoms with Crippen molar-refractivity contribution in [2.45, 2.75) is 116 Å². The lowest BCUT2D eigenvalue weighted by atomic mass is 9.95. The maximum atomic E-state index is 14.8. The van der Waals surface area contributed by atoms with Gasteiger partial charge in [-0.15, -0.1) is 6.58 Å². The average Bonchev–Trinajstić information content (AvgIpc) is 3.25. The zero-order chi connectivity index (χ0) is 38.3. The van der Waals surface area contributed by atoms with Gasteiger partial charge in [0.1, 0.15) is 11.9 Å². The molecule has 1 fully saturated rings. The van der Waals surface area contributed by atoms with Gasteiger partial charge in [0.15, 0.2) is 5.75 Å². The number of fused-ring (bicyclic) bond motifs is 6. The Morgan fingerprint density at radius 3 is 2.38 bits per heavy atom. The van der Waals surface area contributed by atoms with Gasteiger partial charge in [-0.3, -0.25) is 4.79 Å². The minimum atomic E-state index is -4.17. The number of aromatic nitrogens is 4. The molecular weight excluding hydrogens is 689 g/mol. The molecule has 53 heavy (non-hydrogen) atoms. The van der Waals surface area contributed by atoms with Gasteiger partial charge in [0, 0.05) is 31.1 Å². The van der Waals surface area contributed by atoms with E-state index in [1.807, 2.05) is 57.7 Å². The fourth-order valence-electron chi connectivity index (χ4n) is 6.97. The molecule has 4 aromatic rings. The van der Waals surface area contributed by atoms with Gasteiger partial charge in [-0.25, -0.2) is 28.1 Å². The molecule has 6 rings (SSSR count). The van der Waals surface area contributed by atoms with Crippen LogP contribution >= 0.6 is 0 Å². The molecule has 1 saturated heterocycles. The predicted molar refractivity (Wildman–Crippen MR) is 210 cm³/mol. The number of anilines is 1. The number of benzene rings is 2. The van der Waals surface area contributed by atoms with E-state index in [4.69, 9.17) is 9.47 Å². The van der Waals surface area contributed by atoms with E-state index in [0.29, 0.717) is 48.9 Å². The van der Waals surface area contributed by atoms with Crippen LogP contribution in [0.4, 0.5) is 5.95 Å². The lowest BCUT2D eigenvalue weighted by Gasteiger charge is -2.40. The number of rotatable bonds is 8. The molecule has 0 spiro atoms. The molecule has 3 atom stereocenters. The first-order valence-electron chi connectivity index (χ1n) is 18.4. The van der Waals surface area contributed by atoms with Crippen molar-refractivity contribution in [2.75, 3.05) is 4.72 Å². The third-order valence-corrected chi connectivity index (χ3v) is 10.6. The molecule has 284 valence electrons. The highest BCUT2D eigenvalue weighted by molar-refractivity contribution is 7.92. The molecule has 12 heteroatoms. The predicted octanol–water partition coefficient (Wildman–Crippen LogP) is 8.38. The maximum absolute atomic E-state index is 14.8. The molecule has 11 nitrogen and oxygen atoms in total. The number of ether oxygens (including phenoxy) is 2. The van der Waals surface area contributed by atoms with Gasteiger partial charge in [0.25, 0.3) is 15.9 Å². The molecule has 0 aliphatic carbocycles. The third kappa shape index (κ3) is 9.78. The summed E-state index contributed by atoms with van der Waals surface area (Å²) in [5.74, 6) is 1.46. The fourth-order valence-corrected chi connectivity index (χ4v) is 7.96. The van der Waals surface area contributed by atoms with E-state index in [-0.39, 0.29) is 47.8 Å². The zero-order valence-electron chi connectivity index (χ0n) is 31.9. The van der Waals surface area contributed by atoms with Crippen molar-refractivity contribution in [2.24, 2.45) is 5.92 Å². The van der Waals surface area contributed by atoms with Crippen LogP contribution in [0.3, 0.4) is 0 Å². The van der Waals surface area contributed by atoms with Crippen molar-refractivity contribution in [3.63, 3.8) is 0 Å². The van der Waals surface area contributed by atoms with Crippen LogP contribution in [0.2, 0.25) is 0 Å². The first kappa shape index (κ1) is 39.4. The third-order valence-electron chi connectivity index (χ3n) is 9.28. The molecule has 0 radical (unpaired) electrons. The largest absolute Gasteiger partial charge is 0.488 e. The van der Waals surface area contributed by atoms with Crippen molar-refractivity contribution in [3.8, 4) is 22.9 Å². The highest BCUT2D eigenvalue weighted by atomic mass is 32.2. The number of nitrogens with one attached hydrogen (secondary N) is 1. The van der Waals surface area contributed by atoms with E-state index in [2.05, 4.69) is 45.1 Å². The monoisotopic (exact) mass is 742 g/mol. The zero-order valence-corrected chi connectivity index (χ0v) is 32.7. The standard InChI is InChI=1S/C38H46N6O5S.C3H6.H2/c1-23(2)16-17-32-33-15-9-13-28(19-34-39-21-29(22-40-34)48-24(3)4)44(32)37(45)27-12-8-14-30(18-27)50(46,47)43-38-41-31(20-35(42-38)49-33)36-25(5)10-7-11-26(36)6;1-3-2;/h7-8,10-12,14,18,20-24,28,32-33H,9,13,15-17,19H2,1-6H3,(H,41,42,43);3H,1H2,2H3;1H. The van der Waals surface area contributed by atoms with Crippen molar-refractivity contribution < 1.29 is 24.1 Å². The van der Waals surface area contributed by atoms with Crippen LogP contribution in [0.15, 0.2) is 78.5 Å². The Bertz CT molecular complexity index is 1990. The van der Waals surface area contributed by atoms with E-state index >= 15 is 0 Å². The molecule has 2 aliphatic heterocycles. The quantitative estimate of drug-likeness (QED) is 0.177. The van der Waals surface area contributed by atoms with Crippen LogP contribution in [0.5, 0.6) is 11.6 Å². The van der Waals surface area contributed by atoms with E-state index in [9.17, 15) is 13.2 Å². The Labute approximate surface area is 315 Å². The van der Waals surface area contributed by atoms with Crippen LogP contribution in [0, 0.1) is 19.8 Å². The SMILES string of the molecule is C=CC.Cc1cccc(C)c1-c1cc2nc(n1)NS(=O)(=O)c1cccc(c1)C(=O)N1C(Cc3ncc(OC(C)C)cn3)CCCC(O2)C1CCC(C)C.[HH]. The second kappa shape index (κ2) is 17.3. The minimum absolute atomic E-state index is 0. The van der Waals surface area contributed by atoms with Crippen LogP contribution in [0.25, 0.3) is 11.3 Å². The second-order valence-electron chi connectivity index (χ2n) is 14.4. The van der Waals surface area contributed by atoms with E-state index in [1.54, 1.807) is 36.7 Å². The summed E-state index contributed by atoms with van der Waals surface area (Å²) in [6.45, 7) is 17.5. The number of amides is 1. The van der Waals surface area contributed by atoms with Crippen LogP contribution < -0.4 is 14.2 Å². The molecule has 2 aromatic carbocycles. The number of carbonyl (C=O) groups excluding carboxylic acids is 1. The lowest BCUT2D eigenvalue weighted by Crippen LogP contribution is -2.53. The number of hydrogen-bond acceptors (Lipinski definition) is 9. The first-order chi connectivity index (χ1) is 25.3. The number of carbonyl (C=O) groups is 1. The molecule has 3 unspecified atom stereocenters. The summed E-state index contributed by atoms with van der Waals surface area (Å²) in [5.41, 5.74) is 3.68. The van der Waals surface area contributed by atoms with Crippen LogP contribution in [-0.4, -0.2) is 63.5 Å². The normalized spacial score (nSPS) is 19.3. The van der Waals surface area contributed by atoms with E-state index < -0.39 is 16.1 Å². The molecule has 1 N–H and O–H groups in total. The van der Waals surface area contributed by atoms with Crippen molar-refractivity contribution in [1.29, 1.82) is 0 Å². The molecule has 6 bridgehead atoms. The average molecular weight is 743 g/mol. The van der Waals surface area contributed by atoms with Crippen LogP contribution in [0.1, 0.15) is 95.5 Å². The Hall–Kier alpha value is -4.84. The molecular formula is C41H54N6O5S. The summed E-state index contributed by atoms with van der Waals surface area (Å²) in [4.78, 5) is 35.1. The van der Waals surface area contributed by atoms with Gasteiger partial charge < -0.3 is 14.4 Å². The van der Waals surface area contributed by atoms with Gasteiger partial charge in [-0.05, 0) is 102 Å². The Morgan fingerprint density at radius 2 is 1.72 bits per heavy atom. The van der Waals surface area contributed by atoms with E-state index in [0.717, 1.165) is 29.5 Å². The minimum Gasteiger partial charge on any atom is -0.488 e. The number of allylic oxidation sites excluding steroid dienone is 1. The smallest absolute Gasteiger partial charge is 0.264 e. The summed E-state index contributed by atoms with van der Waals surface area (Å²) in [7, 11) is -4.17. The Kier molecular flexibility index (Phi) is 12.9. The van der Waals surface area contributed by atoms with E-state index in [1.165, 1.54) is 12.1 Å². The Morgan fingerprint density at radius 1 is 1.04 bits per heavy atom. The highest BCUT2D eigenvalue weighted by Gasteiger charge is 2.40. The molecule has 2 aliphatic rings. The summed E-state index contributed by atoms with van der Waals surface area (Å²) >= 11 is 0. The maximum Gasteiger partial charge on any atom is 0.264 e. The number of nitrogens with zero attached hydrogens (tertiary/aromatic N) is 5. The van der Waals surface area contributed by atoms with Crippen LogP contribution in [-0.2, 0) is 16.4 Å². The van der Waals surface area contributed by atoms with Crippen molar-refractivity contribution in [3.05, 3.63) is 96.1 Å². The first-order valence-corrected chi connectivity index (χ1v) is 19.9. The van der Waals surface area contributed by atoms with Gasteiger partial charge >= 0.3 is 0 Å². The summed E-state index contributed by atoms with van der Waals surface area (Å²) < 4.78 is 42.7. The topological polar surface area (TPSA) is 136 Å². The second-order valence-corrected chi connectivity index (χ2v) is 16.1. The number of hydrogen-bond donors (Lipinski definition) is 1. The Balaban J connectivity index is 0.00000157. The summed E-state index contributed by atoms with van der Waals surface area (Å²) in [5, 5.41) is 0. The fraction of sp³-hybridized carbons (Fsp3) is 0.439. The molecule has 1 amide bonds. The van der Waals surface area contributed by atoms with Crippen molar-refractivity contribution in [1.82, 2.24) is 24.8 Å². The van der Waals surface area contributed by atoms with Gasteiger partial charge in [-0.2, -0.15) is 4.98 Å². The van der Waals surface area contributed by atoms with Gasteiger partial charge in [0.2, 0.25) is 11.8 Å². The summed E-state index contributed by atoms with van der Waals surface area (Å²) in [6.07, 6.45) is 8.80. The highest BCUT2D eigenvalue weighted by Crippen LogP contribution is 2.35. The lowest BCUT2D eigenvalue weighted by molar-refractivity contribution is 0.0291. The van der Waals surface area contributed by atoms with Gasteiger partial charge in [0.05, 0.1) is 35.1 Å². The number of aryl methyl sites for hydroxylation is 2. The molecule has 4 heterocycles. The number of sulfonamides is 1. The summed E-state index contributed by atoms with van der Waals surface area (Å²) in [6, 6.07) is 13.3.